The van der Waals surface area contributed by atoms with E-state index in [4.69, 9.17) is 10.8 Å². The molecule has 4 N–H and O–H groups in total. The van der Waals surface area contributed by atoms with Gasteiger partial charge in [-0.05, 0) is 12.8 Å². The average Bonchev–Trinajstić information content (AvgIpc) is 2.14. The molecule has 0 fully saturated rings. The molecule has 0 rings (SSSR count). The van der Waals surface area contributed by atoms with Crippen LogP contribution in [-0.2, 0) is 4.79 Å². The van der Waals surface area contributed by atoms with Crippen LogP contribution in [0.3, 0.4) is 0 Å². The number of rotatable bonds is 6. The molecule has 0 aliphatic heterocycles. The largest absolute Gasteiger partial charge is 0.394 e. The highest BCUT2D eigenvalue weighted by Gasteiger charge is 2.15. The fourth-order valence-electron chi connectivity index (χ4n) is 1.03. The SMILES string of the molecule is CCC[C@H](N)C(=O)NC(CC)CO. The molecule has 1 unspecified atom stereocenters. The second-order valence-corrected chi connectivity index (χ2v) is 3.19. The van der Waals surface area contributed by atoms with E-state index in [0.29, 0.717) is 6.42 Å². The summed E-state index contributed by atoms with van der Waals surface area (Å²) in [4.78, 5) is 11.3. The highest BCUT2D eigenvalue weighted by Crippen LogP contribution is 1.95. The Morgan fingerprint density at radius 1 is 1.54 bits per heavy atom. The van der Waals surface area contributed by atoms with Crippen LogP contribution in [-0.4, -0.2) is 29.7 Å². The van der Waals surface area contributed by atoms with Crippen molar-refractivity contribution in [1.82, 2.24) is 5.32 Å². The van der Waals surface area contributed by atoms with Crippen LogP contribution < -0.4 is 11.1 Å². The molecule has 0 radical (unpaired) electrons. The van der Waals surface area contributed by atoms with E-state index < -0.39 is 6.04 Å². The predicted octanol–water partition coefficient (Wildman–Crippen LogP) is 0.000900. The second-order valence-electron chi connectivity index (χ2n) is 3.19. The lowest BCUT2D eigenvalue weighted by Crippen LogP contribution is -2.46. The molecule has 4 nitrogen and oxygen atoms in total. The molecule has 0 aliphatic carbocycles. The Morgan fingerprint density at radius 3 is 2.54 bits per heavy atom. The lowest BCUT2D eigenvalue weighted by molar-refractivity contribution is -0.123. The summed E-state index contributed by atoms with van der Waals surface area (Å²) in [6.07, 6.45) is 2.30. The Kier molecular flexibility index (Phi) is 6.54. The maximum Gasteiger partial charge on any atom is 0.237 e. The van der Waals surface area contributed by atoms with Gasteiger partial charge < -0.3 is 16.2 Å². The zero-order valence-corrected chi connectivity index (χ0v) is 8.42. The molecule has 0 bridgehead atoms. The minimum atomic E-state index is -0.439. The van der Waals surface area contributed by atoms with Crippen LogP contribution in [0.15, 0.2) is 0 Å². The quantitative estimate of drug-likeness (QED) is 0.549. The van der Waals surface area contributed by atoms with E-state index in [1.807, 2.05) is 13.8 Å². The number of nitrogens with one attached hydrogen (secondary N) is 1. The Bertz CT molecular complexity index is 147. The summed E-state index contributed by atoms with van der Waals surface area (Å²) in [5.41, 5.74) is 5.59. The average molecular weight is 188 g/mol. The Hall–Kier alpha value is -0.610. The molecule has 0 spiro atoms. The summed E-state index contributed by atoms with van der Waals surface area (Å²) < 4.78 is 0. The molecule has 4 heteroatoms. The van der Waals surface area contributed by atoms with Crippen molar-refractivity contribution in [2.75, 3.05) is 6.61 Å². The van der Waals surface area contributed by atoms with Crippen LogP contribution in [0.25, 0.3) is 0 Å². The minimum Gasteiger partial charge on any atom is -0.394 e. The van der Waals surface area contributed by atoms with E-state index in [1.54, 1.807) is 0 Å². The Balaban J connectivity index is 3.83. The van der Waals surface area contributed by atoms with Gasteiger partial charge in [0.2, 0.25) is 5.91 Å². The normalized spacial score (nSPS) is 15.1. The summed E-state index contributed by atoms with van der Waals surface area (Å²) in [7, 11) is 0. The van der Waals surface area contributed by atoms with Crippen LogP contribution in [0.1, 0.15) is 33.1 Å². The van der Waals surface area contributed by atoms with Crippen molar-refractivity contribution in [3.05, 3.63) is 0 Å². The maximum absolute atomic E-state index is 11.3. The lowest BCUT2D eigenvalue weighted by atomic mass is 10.1. The molecular weight excluding hydrogens is 168 g/mol. The third-order valence-electron chi connectivity index (χ3n) is 2.00. The third-order valence-corrected chi connectivity index (χ3v) is 2.00. The smallest absolute Gasteiger partial charge is 0.237 e. The van der Waals surface area contributed by atoms with Crippen molar-refractivity contribution in [3.63, 3.8) is 0 Å². The molecule has 78 valence electrons. The second kappa shape index (κ2) is 6.86. The number of aliphatic hydroxyl groups excluding tert-OH is 1. The molecule has 0 saturated heterocycles. The number of hydrogen-bond donors (Lipinski definition) is 3. The van der Waals surface area contributed by atoms with Crippen molar-refractivity contribution >= 4 is 5.91 Å². The monoisotopic (exact) mass is 188 g/mol. The lowest BCUT2D eigenvalue weighted by Gasteiger charge is -2.17. The molecule has 0 aliphatic rings. The van der Waals surface area contributed by atoms with E-state index in [-0.39, 0.29) is 18.6 Å². The van der Waals surface area contributed by atoms with Gasteiger partial charge in [0, 0.05) is 0 Å². The third kappa shape index (κ3) is 4.85. The topological polar surface area (TPSA) is 75.4 Å². The fourth-order valence-corrected chi connectivity index (χ4v) is 1.03. The van der Waals surface area contributed by atoms with E-state index in [2.05, 4.69) is 5.32 Å². The zero-order chi connectivity index (χ0) is 10.3. The maximum atomic E-state index is 11.3. The van der Waals surface area contributed by atoms with Gasteiger partial charge in [-0.1, -0.05) is 20.3 Å². The molecule has 0 saturated carbocycles. The van der Waals surface area contributed by atoms with Crippen LogP contribution in [0.4, 0.5) is 0 Å². The number of aliphatic hydroxyl groups is 1. The minimum absolute atomic E-state index is 0.0267. The van der Waals surface area contributed by atoms with Crippen molar-refractivity contribution in [2.24, 2.45) is 5.73 Å². The van der Waals surface area contributed by atoms with Gasteiger partial charge in [-0.15, -0.1) is 0 Å². The predicted molar refractivity (Wildman–Crippen MR) is 52.2 cm³/mol. The van der Waals surface area contributed by atoms with Gasteiger partial charge >= 0.3 is 0 Å². The molecule has 0 aromatic rings. The van der Waals surface area contributed by atoms with Crippen molar-refractivity contribution in [3.8, 4) is 0 Å². The zero-order valence-electron chi connectivity index (χ0n) is 8.42. The number of hydrogen-bond acceptors (Lipinski definition) is 3. The first-order chi connectivity index (χ1) is 6.15. The summed E-state index contributed by atoms with van der Waals surface area (Å²) in [5, 5.41) is 11.5. The van der Waals surface area contributed by atoms with Gasteiger partial charge in [0.25, 0.3) is 0 Å². The molecule has 0 aromatic heterocycles. The van der Waals surface area contributed by atoms with Crippen LogP contribution in [0.5, 0.6) is 0 Å². The van der Waals surface area contributed by atoms with Crippen molar-refractivity contribution < 1.29 is 9.90 Å². The van der Waals surface area contributed by atoms with E-state index in [1.165, 1.54) is 0 Å². The molecule has 0 heterocycles. The number of nitrogens with two attached hydrogens (primary N) is 1. The summed E-state index contributed by atoms with van der Waals surface area (Å²) in [6, 6.07) is -0.596. The number of carbonyl (C=O) groups excluding carboxylic acids is 1. The summed E-state index contributed by atoms with van der Waals surface area (Å²) in [6.45, 7) is 3.87. The van der Waals surface area contributed by atoms with Crippen molar-refractivity contribution in [2.45, 2.75) is 45.2 Å². The molecule has 13 heavy (non-hydrogen) atoms. The van der Waals surface area contributed by atoms with Gasteiger partial charge in [-0.25, -0.2) is 0 Å². The first-order valence-corrected chi connectivity index (χ1v) is 4.82. The van der Waals surface area contributed by atoms with Gasteiger partial charge in [0.15, 0.2) is 0 Å². The van der Waals surface area contributed by atoms with E-state index in [9.17, 15) is 4.79 Å². The first kappa shape index (κ1) is 12.4. The number of carbonyl (C=O) groups is 1. The highest BCUT2D eigenvalue weighted by atomic mass is 16.3. The number of amides is 1. The molecule has 1 amide bonds. The van der Waals surface area contributed by atoms with Crippen LogP contribution in [0, 0.1) is 0 Å². The van der Waals surface area contributed by atoms with Crippen LogP contribution >= 0.6 is 0 Å². The molecule has 0 aromatic carbocycles. The fraction of sp³-hybridized carbons (Fsp3) is 0.889. The van der Waals surface area contributed by atoms with Crippen molar-refractivity contribution in [1.29, 1.82) is 0 Å². The van der Waals surface area contributed by atoms with Crippen LogP contribution in [0.2, 0.25) is 0 Å². The Labute approximate surface area is 79.5 Å². The first-order valence-electron chi connectivity index (χ1n) is 4.82. The standard InChI is InChI=1S/C9H20N2O2/c1-3-5-8(10)9(13)11-7(4-2)6-12/h7-8,12H,3-6,10H2,1-2H3,(H,11,13)/t7?,8-/m0/s1. The van der Waals surface area contributed by atoms with E-state index in [0.717, 1.165) is 12.8 Å². The van der Waals surface area contributed by atoms with Gasteiger partial charge in [-0.3, -0.25) is 4.79 Å². The van der Waals surface area contributed by atoms with Gasteiger partial charge in [0.1, 0.15) is 0 Å². The molecule has 2 atom stereocenters. The summed E-state index contributed by atoms with van der Waals surface area (Å²) in [5.74, 6) is -0.164. The van der Waals surface area contributed by atoms with E-state index >= 15 is 0 Å². The molecular formula is C9H20N2O2. The van der Waals surface area contributed by atoms with Gasteiger partial charge in [0.05, 0.1) is 18.7 Å². The van der Waals surface area contributed by atoms with Gasteiger partial charge in [-0.2, -0.15) is 0 Å². The Morgan fingerprint density at radius 2 is 2.15 bits per heavy atom. The summed E-state index contributed by atoms with van der Waals surface area (Å²) >= 11 is 0. The highest BCUT2D eigenvalue weighted by molar-refractivity contribution is 5.81.